The lowest BCUT2D eigenvalue weighted by atomic mass is 10.1. The zero-order valence-electron chi connectivity index (χ0n) is 12.1. The van der Waals surface area contributed by atoms with Gasteiger partial charge in [-0.2, -0.15) is 5.10 Å². The highest BCUT2D eigenvalue weighted by atomic mass is 32.1. The van der Waals surface area contributed by atoms with Crippen molar-refractivity contribution in [3.8, 4) is 0 Å². The first-order valence-electron chi connectivity index (χ1n) is 6.46. The van der Waals surface area contributed by atoms with E-state index in [1.54, 1.807) is 6.92 Å². The molecule has 0 aromatic carbocycles. The molecule has 112 valence electrons. The Morgan fingerprint density at radius 3 is 2.52 bits per heavy atom. The number of nitrogens with two attached hydrogens (primary N) is 2. The molecule has 4 N–H and O–H groups in total. The minimum atomic E-state index is -0.559. The second-order valence-electron chi connectivity index (χ2n) is 4.72. The molecule has 8 heteroatoms. The fourth-order valence-corrected chi connectivity index (χ4v) is 3.13. The fraction of sp³-hybridized carbons (Fsp3) is 0.385. The van der Waals surface area contributed by atoms with Crippen LogP contribution in [0.5, 0.6) is 0 Å². The molecule has 0 aliphatic heterocycles. The number of likely N-dealkylation sites (N-methyl/N-ethyl adjacent to an activating group) is 1. The monoisotopic (exact) mass is 307 g/mol. The van der Waals surface area contributed by atoms with Crippen LogP contribution in [0.1, 0.15) is 27.9 Å². The molecule has 0 bridgehead atoms. The third-order valence-corrected chi connectivity index (χ3v) is 4.42. The van der Waals surface area contributed by atoms with Crippen molar-refractivity contribution >= 4 is 39.1 Å². The number of amides is 2. The first-order valence-corrected chi connectivity index (χ1v) is 7.27. The minimum Gasteiger partial charge on any atom is -0.397 e. The molecule has 2 rings (SSSR count). The van der Waals surface area contributed by atoms with Crippen LogP contribution in [-0.2, 0) is 4.79 Å². The van der Waals surface area contributed by atoms with Crippen molar-refractivity contribution in [3.05, 3.63) is 16.1 Å². The predicted octanol–water partition coefficient (Wildman–Crippen LogP) is 0.838. The van der Waals surface area contributed by atoms with Crippen LogP contribution in [0.2, 0.25) is 0 Å². The number of aryl methyl sites for hydroxylation is 2. The van der Waals surface area contributed by atoms with Gasteiger partial charge in [0.05, 0.1) is 17.9 Å². The lowest BCUT2D eigenvalue weighted by Crippen LogP contribution is -2.38. The summed E-state index contributed by atoms with van der Waals surface area (Å²) in [6.07, 6.45) is 0. The highest BCUT2D eigenvalue weighted by Gasteiger charge is 2.24. The topological polar surface area (TPSA) is 115 Å². The van der Waals surface area contributed by atoms with Gasteiger partial charge < -0.3 is 16.4 Å². The van der Waals surface area contributed by atoms with Crippen LogP contribution in [0, 0.1) is 13.8 Å². The molecule has 0 spiro atoms. The summed E-state index contributed by atoms with van der Waals surface area (Å²) < 4.78 is 0. The molecule has 0 unspecified atom stereocenters. The van der Waals surface area contributed by atoms with E-state index in [0.717, 1.165) is 16.6 Å². The first-order chi connectivity index (χ1) is 9.86. The molecule has 7 nitrogen and oxygen atoms in total. The Hall–Kier alpha value is -2.22. The number of hydrogen-bond acceptors (Lipinski definition) is 6. The van der Waals surface area contributed by atoms with Crippen LogP contribution in [0.3, 0.4) is 0 Å². The van der Waals surface area contributed by atoms with Gasteiger partial charge in [-0.1, -0.05) is 0 Å². The van der Waals surface area contributed by atoms with Gasteiger partial charge in [0.2, 0.25) is 5.91 Å². The van der Waals surface area contributed by atoms with E-state index >= 15 is 0 Å². The van der Waals surface area contributed by atoms with Gasteiger partial charge in [-0.3, -0.25) is 9.59 Å². The molecule has 0 aliphatic rings. The van der Waals surface area contributed by atoms with Gasteiger partial charge in [-0.05, 0) is 26.3 Å². The van der Waals surface area contributed by atoms with E-state index in [4.69, 9.17) is 11.5 Å². The van der Waals surface area contributed by atoms with Crippen LogP contribution in [0.25, 0.3) is 10.2 Å². The van der Waals surface area contributed by atoms with Crippen molar-refractivity contribution in [1.29, 1.82) is 0 Å². The van der Waals surface area contributed by atoms with Gasteiger partial charge in [-0.15, -0.1) is 16.4 Å². The number of carbonyl (C=O) groups is 2. The molecule has 0 atom stereocenters. The molecule has 0 saturated carbocycles. The molecule has 0 radical (unpaired) electrons. The maximum absolute atomic E-state index is 12.5. The van der Waals surface area contributed by atoms with Gasteiger partial charge >= 0.3 is 0 Å². The highest BCUT2D eigenvalue weighted by Crippen LogP contribution is 2.35. The van der Waals surface area contributed by atoms with Crippen molar-refractivity contribution in [2.75, 3.05) is 18.8 Å². The van der Waals surface area contributed by atoms with Crippen molar-refractivity contribution < 1.29 is 9.59 Å². The third-order valence-electron chi connectivity index (χ3n) is 3.34. The van der Waals surface area contributed by atoms with Crippen LogP contribution in [0.15, 0.2) is 0 Å². The van der Waals surface area contributed by atoms with Gasteiger partial charge in [0.25, 0.3) is 5.91 Å². The molecule has 2 heterocycles. The largest absolute Gasteiger partial charge is 0.397 e. The van der Waals surface area contributed by atoms with Crippen molar-refractivity contribution in [1.82, 2.24) is 15.1 Å². The summed E-state index contributed by atoms with van der Waals surface area (Å²) in [4.78, 5) is 25.9. The van der Waals surface area contributed by atoms with E-state index < -0.39 is 5.91 Å². The Morgan fingerprint density at radius 1 is 1.29 bits per heavy atom. The molecule has 2 amide bonds. The van der Waals surface area contributed by atoms with Crippen LogP contribution in [0.4, 0.5) is 5.69 Å². The second kappa shape index (κ2) is 5.65. The summed E-state index contributed by atoms with van der Waals surface area (Å²) in [5.41, 5.74) is 13.3. The number of aromatic nitrogens is 2. The lowest BCUT2D eigenvalue weighted by Gasteiger charge is -2.18. The molecule has 0 aliphatic carbocycles. The number of nitrogens with zero attached hydrogens (tertiary/aromatic N) is 3. The predicted molar refractivity (Wildman–Crippen MR) is 82.1 cm³/mol. The second-order valence-corrected chi connectivity index (χ2v) is 5.72. The zero-order valence-corrected chi connectivity index (χ0v) is 13.0. The lowest BCUT2D eigenvalue weighted by molar-refractivity contribution is -0.118. The Morgan fingerprint density at radius 2 is 1.95 bits per heavy atom. The zero-order chi connectivity index (χ0) is 15.7. The number of rotatable bonds is 4. The van der Waals surface area contributed by atoms with E-state index in [2.05, 4.69) is 10.2 Å². The van der Waals surface area contributed by atoms with E-state index in [0.29, 0.717) is 21.9 Å². The number of anilines is 1. The van der Waals surface area contributed by atoms with Crippen molar-refractivity contribution in [2.24, 2.45) is 5.73 Å². The number of carbonyl (C=O) groups excluding carboxylic acids is 2. The van der Waals surface area contributed by atoms with E-state index in [1.165, 1.54) is 16.2 Å². The molecular weight excluding hydrogens is 290 g/mol. The summed E-state index contributed by atoms with van der Waals surface area (Å²) in [5, 5.41) is 8.87. The SMILES string of the molecule is CCN(CC(N)=O)C(=O)c1sc2nnc(C)c(C)c2c1N. The quantitative estimate of drug-likeness (QED) is 0.868. The number of fused-ring (bicyclic) bond motifs is 1. The minimum absolute atomic E-state index is 0.132. The Labute approximate surface area is 125 Å². The van der Waals surface area contributed by atoms with Crippen LogP contribution in [-0.4, -0.2) is 40.0 Å². The molecular formula is C13H17N5O2S. The summed E-state index contributed by atoms with van der Waals surface area (Å²) in [5.74, 6) is -0.870. The van der Waals surface area contributed by atoms with Crippen LogP contribution >= 0.6 is 11.3 Å². The van der Waals surface area contributed by atoms with E-state index in [1.807, 2.05) is 13.8 Å². The van der Waals surface area contributed by atoms with E-state index in [-0.39, 0.29) is 12.5 Å². The molecule has 0 fully saturated rings. The van der Waals surface area contributed by atoms with Gasteiger partial charge in [-0.25, -0.2) is 0 Å². The Bertz CT molecular complexity index is 725. The maximum Gasteiger partial charge on any atom is 0.266 e. The molecule has 2 aromatic rings. The Kier molecular flexibility index (Phi) is 4.08. The maximum atomic E-state index is 12.5. The fourth-order valence-electron chi connectivity index (χ4n) is 2.06. The first kappa shape index (κ1) is 15.2. The number of hydrogen-bond donors (Lipinski definition) is 2. The third kappa shape index (κ3) is 2.66. The standard InChI is InChI=1S/C13H17N5O2S/c1-4-18(5-8(14)19)13(20)11-10(15)9-6(2)7(3)16-17-12(9)21-11/h4-5,15H2,1-3H3,(H2,14,19). The molecule has 0 saturated heterocycles. The number of thiophene rings is 1. The summed E-state index contributed by atoms with van der Waals surface area (Å²) >= 11 is 1.18. The molecule has 2 aromatic heterocycles. The summed E-state index contributed by atoms with van der Waals surface area (Å²) in [6, 6.07) is 0. The van der Waals surface area contributed by atoms with Crippen LogP contribution < -0.4 is 11.5 Å². The normalized spacial score (nSPS) is 10.8. The number of primary amides is 1. The van der Waals surface area contributed by atoms with Crippen molar-refractivity contribution in [3.63, 3.8) is 0 Å². The van der Waals surface area contributed by atoms with E-state index in [9.17, 15) is 9.59 Å². The van der Waals surface area contributed by atoms with Gasteiger partial charge in [0.1, 0.15) is 9.71 Å². The summed E-state index contributed by atoms with van der Waals surface area (Å²) in [7, 11) is 0. The highest BCUT2D eigenvalue weighted by molar-refractivity contribution is 7.21. The average molecular weight is 307 g/mol. The summed E-state index contributed by atoms with van der Waals surface area (Å²) in [6.45, 7) is 5.75. The van der Waals surface area contributed by atoms with Crippen molar-refractivity contribution in [2.45, 2.75) is 20.8 Å². The smallest absolute Gasteiger partial charge is 0.266 e. The number of nitrogen functional groups attached to an aromatic ring is 1. The molecule has 21 heavy (non-hydrogen) atoms. The average Bonchev–Trinajstić information content (AvgIpc) is 2.77. The van der Waals surface area contributed by atoms with Gasteiger partial charge in [0.15, 0.2) is 0 Å². The Balaban J connectivity index is 2.52. The van der Waals surface area contributed by atoms with Gasteiger partial charge in [0, 0.05) is 11.9 Å².